The second-order valence-electron chi connectivity index (χ2n) is 4.86. The van der Waals surface area contributed by atoms with Gasteiger partial charge in [-0.2, -0.15) is 0 Å². The highest BCUT2D eigenvalue weighted by molar-refractivity contribution is 9.10. The average Bonchev–Trinajstić information content (AvgIpc) is 2.48. The Hall–Kier alpha value is -1.10. The third kappa shape index (κ3) is 3.57. The van der Waals surface area contributed by atoms with Gasteiger partial charge in [0.05, 0.1) is 17.2 Å². The van der Waals surface area contributed by atoms with E-state index in [0.717, 1.165) is 10.2 Å². The molecule has 0 amide bonds. The average molecular weight is 373 g/mol. The lowest BCUT2D eigenvalue weighted by Gasteiger charge is -2.34. The van der Waals surface area contributed by atoms with Gasteiger partial charge in [-0.3, -0.25) is 0 Å². The summed E-state index contributed by atoms with van der Waals surface area (Å²) in [6.45, 7) is 1.80. The fourth-order valence-corrected chi connectivity index (χ4v) is 2.74. The number of rotatable bonds is 5. The fraction of sp³-hybridized carbons (Fsp3) is 0.250. The molecule has 0 aliphatic carbocycles. The van der Waals surface area contributed by atoms with Crippen molar-refractivity contribution in [1.82, 2.24) is 0 Å². The van der Waals surface area contributed by atoms with Crippen LogP contribution in [0, 0.1) is 5.82 Å². The monoisotopic (exact) mass is 371 g/mol. The number of aliphatic hydroxyl groups excluding tert-OH is 1. The van der Waals surface area contributed by atoms with E-state index in [4.69, 9.17) is 11.6 Å². The first-order valence-corrected chi connectivity index (χ1v) is 7.78. The van der Waals surface area contributed by atoms with Gasteiger partial charge in [0.25, 0.3) is 0 Å². The Morgan fingerprint density at radius 2 is 2.05 bits per heavy atom. The van der Waals surface area contributed by atoms with E-state index in [1.807, 2.05) is 19.1 Å². The van der Waals surface area contributed by atoms with Gasteiger partial charge in [0.1, 0.15) is 5.82 Å². The standard InChI is InChI=1S/C16H16BrClFNO/c1-2-16(10-21,11-4-3-5-12(19)8-11)20-13-6-7-15(18)14(17)9-13/h3-9,20-21H,2,10H2,1H3. The topological polar surface area (TPSA) is 32.3 Å². The van der Waals surface area contributed by atoms with Crippen LogP contribution in [0.25, 0.3) is 0 Å². The predicted molar refractivity (Wildman–Crippen MR) is 88.2 cm³/mol. The Bertz CT molecular complexity index is 631. The molecule has 0 fully saturated rings. The summed E-state index contributed by atoms with van der Waals surface area (Å²) in [5, 5.41) is 13.8. The van der Waals surface area contributed by atoms with E-state index in [-0.39, 0.29) is 12.4 Å². The first-order valence-electron chi connectivity index (χ1n) is 6.61. The molecule has 1 unspecified atom stereocenters. The Labute approximate surface area is 137 Å². The van der Waals surface area contributed by atoms with Crippen molar-refractivity contribution in [3.05, 3.63) is 63.3 Å². The van der Waals surface area contributed by atoms with Crippen LogP contribution in [-0.2, 0) is 5.54 Å². The second kappa shape index (κ2) is 6.77. The zero-order chi connectivity index (χ0) is 15.5. The normalized spacial score (nSPS) is 13.8. The lowest BCUT2D eigenvalue weighted by Crippen LogP contribution is -2.38. The highest BCUT2D eigenvalue weighted by atomic mass is 79.9. The van der Waals surface area contributed by atoms with Crippen molar-refractivity contribution in [2.24, 2.45) is 0 Å². The summed E-state index contributed by atoms with van der Waals surface area (Å²) in [4.78, 5) is 0. The Balaban J connectivity index is 2.40. The van der Waals surface area contributed by atoms with Crippen LogP contribution in [0.1, 0.15) is 18.9 Å². The highest BCUT2D eigenvalue weighted by Crippen LogP contribution is 2.32. The van der Waals surface area contributed by atoms with Gasteiger partial charge in [0, 0.05) is 10.2 Å². The predicted octanol–water partition coefficient (Wildman–Crippen LogP) is 4.95. The van der Waals surface area contributed by atoms with E-state index in [1.165, 1.54) is 12.1 Å². The van der Waals surface area contributed by atoms with Gasteiger partial charge in [-0.05, 0) is 58.2 Å². The first kappa shape index (κ1) is 16.3. The molecule has 0 saturated heterocycles. The molecule has 2 rings (SSSR count). The molecule has 0 aliphatic heterocycles. The van der Waals surface area contributed by atoms with E-state index in [1.54, 1.807) is 18.2 Å². The van der Waals surface area contributed by atoms with Crippen LogP contribution in [0.5, 0.6) is 0 Å². The summed E-state index contributed by atoms with van der Waals surface area (Å²) in [7, 11) is 0. The van der Waals surface area contributed by atoms with E-state index in [2.05, 4.69) is 21.2 Å². The van der Waals surface area contributed by atoms with E-state index >= 15 is 0 Å². The third-order valence-electron chi connectivity index (χ3n) is 3.55. The minimum absolute atomic E-state index is 0.146. The lowest BCUT2D eigenvalue weighted by molar-refractivity contribution is 0.207. The van der Waals surface area contributed by atoms with Crippen LogP contribution in [0.3, 0.4) is 0 Å². The maximum Gasteiger partial charge on any atom is 0.123 e. The molecule has 2 aromatic rings. The number of hydrogen-bond acceptors (Lipinski definition) is 2. The molecule has 0 saturated carbocycles. The highest BCUT2D eigenvalue weighted by Gasteiger charge is 2.30. The van der Waals surface area contributed by atoms with Gasteiger partial charge in [0.2, 0.25) is 0 Å². The number of halogens is 3. The summed E-state index contributed by atoms with van der Waals surface area (Å²) in [6, 6.07) is 11.7. The van der Waals surface area contributed by atoms with Crippen LogP contribution >= 0.6 is 27.5 Å². The van der Waals surface area contributed by atoms with Crippen LogP contribution in [0.4, 0.5) is 10.1 Å². The largest absolute Gasteiger partial charge is 0.394 e. The molecule has 0 aromatic heterocycles. The van der Waals surface area contributed by atoms with Crippen LogP contribution in [-0.4, -0.2) is 11.7 Å². The molecule has 0 heterocycles. The maximum absolute atomic E-state index is 13.5. The van der Waals surface area contributed by atoms with Crippen molar-refractivity contribution in [2.45, 2.75) is 18.9 Å². The summed E-state index contributed by atoms with van der Waals surface area (Å²) in [5.74, 6) is -0.321. The fourth-order valence-electron chi connectivity index (χ4n) is 2.24. The van der Waals surface area contributed by atoms with Crippen LogP contribution < -0.4 is 5.32 Å². The van der Waals surface area contributed by atoms with Gasteiger partial charge in [-0.15, -0.1) is 0 Å². The molecule has 21 heavy (non-hydrogen) atoms. The molecule has 0 spiro atoms. The van der Waals surface area contributed by atoms with Gasteiger partial charge >= 0.3 is 0 Å². The second-order valence-corrected chi connectivity index (χ2v) is 6.12. The van der Waals surface area contributed by atoms with Crippen LogP contribution in [0.2, 0.25) is 5.02 Å². The molecule has 2 N–H and O–H groups in total. The minimum atomic E-state index is -0.741. The van der Waals surface area contributed by atoms with E-state index < -0.39 is 5.54 Å². The molecular weight excluding hydrogens is 357 g/mol. The molecule has 0 bridgehead atoms. The number of hydrogen-bond donors (Lipinski definition) is 2. The minimum Gasteiger partial charge on any atom is -0.394 e. The zero-order valence-electron chi connectivity index (χ0n) is 11.5. The van der Waals surface area contributed by atoms with Crippen LogP contribution in [0.15, 0.2) is 46.9 Å². The number of aliphatic hydroxyl groups is 1. The third-order valence-corrected chi connectivity index (χ3v) is 4.77. The van der Waals surface area contributed by atoms with Crippen molar-refractivity contribution in [3.63, 3.8) is 0 Å². The molecule has 1 atom stereocenters. The number of benzene rings is 2. The Morgan fingerprint density at radius 3 is 2.62 bits per heavy atom. The van der Waals surface area contributed by atoms with Crippen molar-refractivity contribution >= 4 is 33.2 Å². The Kier molecular flexibility index (Phi) is 5.25. The van der Waals surface area contributed by atoms with Gasteiger partial charge in [-0.1, -0.05) is 30.7 Å². The number of anilines is 1. The summed E-state index contributed by atoms with van der Waals surface area (Å²) in [5.41, 5.74) is 0.764. The van der Waals surface area contributed by atoms with Crippen molar-refractivity contribution in [1.29, 1.82) is 0 Å². The smallest absolute Gasteiger partial charge is 0.123 e. The Morgan fingerprint density at radius 1 is 1.29 bits per heavy atom. The molecule has 0 aliphatic rings. The summed E-state index contributed by atoms with van der Waals surface area (Å²) < 4.78 is 14.3. The van der Waals surface area contributed by atoms with E-state index in [9.17, 15) is 9.50 Å². The van der Waals surface area contributed by atoms with E-state index in [0.29, 0.717) is 17.0 Å². The van der Waals surface area contributed by atoms with Gasteiger partial charge in [0.15, 0.2) is 0 Å². The quantitative estimate of drug-likeness (QED) is 0.778. The summed E-state index contributed by atoms with van der Waals surface area (Å²) in [6.07, 6.45) is 0.604. The zero-order valence-corrected chi connectivity index (χ0v) is 13.9. The van der Waals surface area contributed by atoms with Crippen molar-refractivity contribution in [2.75, 3.05) is 11.9 Å². The molecular formula is C16H16BrClFNO. The molecule has 2 aromatic carbocycles. The van der Waals surface area contributed by atoms with Gasteiger partial charge in [-0.25, -0.2) is 4.39 Å². The summed E-state index contributed by atoms with van der Waals surface area (Å²) >= 11 is 9.35. The number of nitrogens with one attached hydrogen (secondary N) is 1. The van der Waals surface area contributed by atoms with Crippen molar-refractivity contribution < 1.29 is 9.50 Å². The molecule has 0 radical (unpaired) electrons. The lowest BCUT2D eigenvalue weighted by atomic mass is 9.87. The molecule has 2 nitrogen and oxygen atoms in total. The molecule has 5 heteroatoms. The van der Waals surface area contributed by atoms with Gasteiger partial charge < -0.3 is 10.4 Å². The first-order chi connectivity index (χ1) is 10.0. The van der Waals surface area contributed by atoms with Crippen molar-refractivity contribution in [3.8, 4) is 0 Å². The SMILES string of the molecule is CCC(CO)(Nc1ccc(Cl)c(Br)c1)c1cccc(F)c1. The maximum atomic E-state index is 13.5. The molecule has 112 valence electrons.